The van der Waals surface area contributed by atoms with Gasteiger partial charge in [-0.3, -0.25) is 4.90 Å². The quantitative estimate of drug-likeness (QED) is 0.884. The average molecular weight is 294 g/mol. The third kappa shape index (κ3) is 2.41. The zero-order valence-corrected chi connectivity index (χ0v) is 12.6. The average Bonchev–Trinajstić information content (AvgIpc) is 2.99. The van der Waals surface area contributed by atoms with Crippen molar-refractivity contribution in [2.75, 3.05) is 39.5 Å². The van der Waals surface area contributed by atoms with Crippen LogP contribution in [-0.2, 0) is 0 Å². The molecule has 0 spiro atoms. The second-order valence-corrected chi connectivity index (χ2v) is 6.21. The second-order valence-electron chi connectivity index (χ2n) is 5.18. The van der Waals surface area contributed by atoms with Crippen LogP contribution in [0.4, 0.5) is 5.13 Å². The van der Waals surface area contributed by atoms with Crippen molar-refractivity contribution in [3.63, 3.8) is 0 Å². The minimum absolute atomic E-state index is 0.164. The maximum atomic E-state index is 5.71. The summed E-state index contributed by atoms with van der Waals surface area (Å²) in [7, 11) is 4.19. The number of nitrogens with two attached hydrogens (primary N) is 1. The molecule has 0 amide bonds. The van der Waals surface area contributed by atoms with E-state index in [2.05, 4.69) is 39.0 Å². The van der Waals surface area contributed by atoms with Crippen LogP contribution in [0, 0.1) is 6.92 Å². The third-order valence-electron chi connectivity index (χ3n) is 3.60. The molecule has 0 aromatic carbocycles. The van der Waals surface area contributed by atoms with Crippen molar-refractivity contribution in [3.8, 4) is 10.8 Å². The molecule has 2 aromatic heterocycles. The molecule has 3 rings (SSSR count). The number of aromatic nitrogens is 3. The lowest BCUT2D eigenvalue weighted by Gasteiger charge is -2.35. The lowest BCUT2D eigenvalue weighted by atomic mass is 10.2. The van der Waals surface area contributed by atoms with Gasteiger partial charge >= 0.3 is 0 Å². The third-order valence-corrected chi connectivity index (χ3v) is 4.57. The Labute approximate surface area is 121 Å². The normalized spacial score (nSPS) is 21.4. The Morgan fingerprint density at radius 1 is 1.30 bits per heavy atom. The summed E-state index contributed by atoms with van der Waals surface area (Å²) in [4.78, 5) is 14.1. The number of piperazine rings is 1. The highest BCUT2D eigenvalue weighted by molar-refractivity contribution is 7.18. The highest BCUT2D eigenvalue weighted by Crippen LogP contribution is 2.31. The van der Waals surface area contributed by atoms with Gasteiger partial charge in [0.1, 0.15) is 4.88 Å². The van der Waals surface area contributed by atoms with Gasteiger partial charge in [0.2, 0.25) is 0 Å². The fourth-order valence-electron chi connectivity index (χ4n) is 2.37. The van der Waals surface area contributed by atoms with Gasteiger partial charge in [-0.2, -0.15) is 4.98 Å². The molecule has 7 nitrogen and oxygen atoms in total. The van der Waals surface area contributed by atoms with Crippen molar-refractivity contribution in [3.05, 3.63) is 11.5 Å². The number of aryl methyl sites for hydroxylation is 1. The van der Waals surface area contributed by atoms with Crippen LogP contribution < -0.4 is 5.73 Å². The number of nitrogens with zero attached hydrogens (tertiary/aromatic N) is 5. The van der Waals surface area contributed by atoms with E-state index in [-0.39, 0.29) is 6.04 Å². The number of thiazole rings is 1. The molecule has 0 radical (unpaired) electrons. The Morgan fingerprint density at radius 2 is 2.10 bits per heavy atom. The summed E-state index contributed by atoms with van der Waals surface area (Å²) in [5.41, 5.74) is 6.54. The molecule has 1 saturated heterocycles. The molecule has 8 heteroatoms. The lowest BCUT2D eigenvalue weighted by molar-refractivity contribution is 0.108. The van der Waals surface area contributed by atoms with Gasteiger partial charge in [0, 0.05) is 19.6 Å². The minimum Gasteiger partial charge on any atom is -0.375 e. The summed E-state index contributed by atoms with van der Waals surface area (Å²) in [5, 5.41) is 4.66. The SMILES string of the molecule is Cc1nc(N)sc1-c1nc(C2CN(C)CCN2C)no1. The molecular weight excluding hydrogens is 276 g/mol. The Balaban J connectivity index is 1.88. The van der Waals surface area contributed by atoms with E-state index in [1.165, 1.54) is 11.3 Å². The first kappa shape index (κ1) is 13.5. The molecule has 2 aromatic rings. The van der Waals surface area contributed by atoms with Gasteiger partial charge in [-0.25, -0.2) is 4.98 Å². The first-order valence-corrected chi connectivity index (χ1v) is 7.32. The number of likely N-dealkylation sites (N-methyl/N-ethyl adjacent to an activating group) is 2. The summed E-state index contributed by atoms with van der Waals surface area (Å²) >= 11 is 1.38. The zero-order valence-electron chi connectivity index (χ0n) is 11.8. The van der Waals surface area contributed by atoms with E-state index in [1.54, 1.807) is 0 Å². The van der Waals surface area contributed by atoms with Gasteiger partial charge in [-0.1, -0.05) is 16.5 Å². The predicted molar refractivity (Wildman–Crippen MR) is 77.4 cm³/mol. The van der Waals surface area contributed by atoms with Crippen molar-refractivity contribution in [1.29, 1.82) is 0 Å². The zero-order chi connectivity index (χ0) is 14.3. The number of hydrogen-bond acceptors (Lipinski definition) is 8. The Morgan fingerprint density at radius 3 is 2.80 bits per heavy atom. The molecule has 0 saturated carbocycles. The largest absolute Gasteiger partial charge is 0.375 e. The smallest absolute Gasteiger partial charge is 0.270 e. The molecule has 1 fully saturated rings. The van der Waals surface area contributed by atoms with E-state index in [4.69, 9.17) is 10.3 Å². The molecule has 20 heavy (non-hydrogen) atoms. The molecule has 2 N–H and O–H groups in total. The monoisotopic (exact) mass is 294 g/mol. The highest BCUT2D eigenvalue weighted by Gasteiger charge is 2.28. The van der Waals surface area contributed by atoms with Crippen LogP contribution >= 0.6 is 11.3 Å². The Bertz CT molecular complexity index is 609. The van der Waals surface area contributed by atoms with Crippen molar-refractivity contribution >= 4 is 16.5 Å². The summed E-state index contributed by atoms with van der Waals surface area (Å²) in [6.07, 6.45) is 0. The first-order chi connectivity index (χ1) is 9.54. The maximum Gasteiger partial charge on any atom is 0.270 e. The Hall–Kier alpha value is -1.51. The molecule has 1 aliphatic heterocycles. The highest BCUT2D eigenvalue weighted by atomic mass is 32.1. The van der Waals surface area contributed by atoms with Crippen LogP contribution in [-0.4, -0.2) is 58.7 Å². The van der Waals surface area contributed by atoms with E-state index in [9.17, 15) is 0 Å². The molecule has 1 unspecified atom stereocenters. The van der Waals surface area contributed by atoms with Gasteiger partial charge in [0.15, 0.2) is 11.0 Å². The van der Waals surface area contributed by atoms with Crippen molar-refractivity contribution in [2.45, 2.75) is 13.0 Å². The van der Waals surface area contributed by atoms with E-state index >= 15 is 0 Å². The summed E-state index contributed by atoms with van der Waals surface area (Å²) in [6.45, 7) is 4.85. The van der Waals surface area contributed by atoms with Crippen molar-refractivity contribution in [1.82, 2.24) is 24.9 Å². The van der Waals surface area contributed by atoms with Gasteiger partial charge < -0.3 is 15.2 Å². The molecule has 3 heterocycles. The molecule has 1 aliphatic rings. The van der Waals surface area contributed by atoms with E-state index in [0.717, 1.165) is 36.0 Å². The number of rotatable bonds is 2. The maximum absolute atomic E-state index is 5.71. The van der Waals surface area contributed by atoms with Gasteiger partial charge in [-0.15, -0.1) is 0 Å². The molecule has 0 aliphatic carbocycles. The fourth-order valence-corrected chi connectivity index (χ4v) is 3.12. The van der Waals surface area contributed by atoms with Crippen LogP contribution in [0.25, 0.3) is 10.8 Å². The van der Waals surface area contributed by atoms with E-state index in [0.29, 0.717) is 11.0 Å². The number of nitrogen functional groups attached to an aromatic ring is 1. The Kier molecular flexibility index (Phi) is 3.45. The second kappa shape index (κ2) is 5.12. The van der Waals surface area contributed by atoms with Gasteiger partial charge in [-0.05, 0) is 21.0 Å². The summed E-state index contributed by atoms with van der Waals surface area (Å²) in [5.74, 6) is 1.23. The molecule has 108 valence electrons. The topological polar surface area (TPSA) is 84.3 Å². The molecule has 1 atom stereocenters. The standard InChI is InChI=1S/C12H18N6OS/c1-7-9(20-12(13)14-7)11-15-10(16-19-11)8-6-17(2)4-5-18(8)3/h8H,4-6H2,1-3H3,(H2,13,14). The number of hydrogen-bond donors (Lipinski definition) is 1. The van der Waals surface area contributed by atoms with Crippen LogP contribution in [0.5, 0.6) is 0 Å². The van der Waals surface area contributed by atoms with Crippen LogP contribution in [0.15, 0.2) is 4.52 Å². The summed E-state index contributed by atoms with van der Waals surface area (Å²) in [6, 6.07) is 0.164. The van der Waals surface area contributed by atoms with Crippen molar-refractivity contribution < 1.29 is 4.52 Å². The van der Waals surface area contributed by atoms with Crippen molar-refractivity contribution in [2.24, 2.45) is 0 Å². The minimum atomic E-state index is 0.164. The van der Waals surface area contributed by atoms with E-state index < -0.39 is 0 Å². The summed E-state index contributed by atoms with van der Waals surface area (Å²) < 4.78 is 5.39. The number of anilines is 1. The van der Waals surface area contributed by atoms with Gasteiger partial charge in [0.05, 0.1) is 11.7 Å². The van der Waals surface area contributed by atoms with Crippen LogP contribution in [0.1, 0.15) is 17.6 Å². The first-order valence-electron chi connectivity index (χ1n) is 6.50. The van der Waals surface area contributed by atoms with Crippen LogP contribution in [0.3, 0.4) is 0 Å². The predicted octanol–water partition coefficient (Wildman–Crippen LogP) is 1.00. The lowest BCUT2D eigenvalue weighted by Crippen LogP contribution is -2.45. The van der Waals surface area contributed by atoms with Gasteiger partial charge in [0.25, 0.3) is 5.89 Å². The van der Waals surface area contributed by atoms with Crippen LogP contribution in [0.2, 0.25) is 0 Å². The fraction of sp³-hybridized carbons (Fsp3) is 0.583. The molecular formula is C12H18N6OS. The van der Waals surface area contributed by atoms with E-state index in [1.807, 2.05) is 6.92 Å². The molecule has 0 bridgehead atoms.